The lowest BCUT2D eigenvalue weighted by atomic mass is 10.2. The van der Waals surface area contributed by atoms with Crippen LogP contribution in [0.2, 0.25) is 0 Å². The maximum Gasteiger partial charge on any atom is 0.298 e. The molecule has 2 rings (SSSR count). The maximum atomic E-state index is 10.4. The molecule has 0 aliphatic rings. The Kier molecular flexibility index (Phi) is 2.77. The normalized spacial score (nSPS) is 9.75. The van der Waals surface area contributed by atoms with Crippen molar-refractivity contribution >= 4 is 23.8 Å². The molecule has 0 amide bonds. The monoisotopic (exact) mass is 217 g/mol. The lowest BCUT2D eigenvalue weighted by Gasteiger charge is -2.07. The van der Waals surface area contributed by atoms with E-state index in [1.807, 2.05) is 0 Å². The molecule has 0 bridgehead atoms. The average Bonchev–Trinajstić information content (AvgIpc) is 2.32. The molecule has 0 N–H and O–H groups in total. The van der Waals surface area contributed by atoms with Gasteiger partial charge in [-0.1, -0.05) is 12.1 Å². The zero-order valence-corrected chi connectivity index (χ0v) is 8.12. The van der Waals surface area contributed by atoms with Crippen molar-refractivity contribution in [2.45, 2.75) is 0 Å². The molecule has 5 nitrogen and oxygen atoms in total. The third-order valence-corrected chi connectivity index (χ3v) is 2.03. The van der Waals surface area contributed by atoms with Gasteiger partial charge in [-0.15, -0.1) is 0 Å². The predicted octanol–water partition coefficient (Wildman–Crippen LogP) is 1.31. The molecule has 0 spiro atoms. The van der Waals surface area contributed by atoms with Gasteiger partial charge < -0.3 is 9.47 Å². The number of hydrogen-bond acceptors (Lipinski definition) is 5. The number of pyridine rings is 1. The minimum absolute atomic E-state index is 0.112. The Hall–Kier alpha value is -2.43. The smallest absolute Gasteiger partial charge is 0.298 e. The van der Waals surface area contributed by atoms with Gasteiger partial charge in [0.2, 0.25) is 0 Å². The Morgan fingerprint density at radius 1 is 1.06 bits per heavy atom. The lowest BCUT2D eigenvalue weighted by Crippen LogP contribution is -1.97. The number of nitrogens with zero attached hydrogens (tertiary/aromatic N) is 1. The van der Waals surface area contributed by atoms with Gasteiger partial charge in [0, 0.05) is 5.39 Å². The van der Waals surface area contributed by atoms with Crippen molar-refractivity contribution < 1.29 is 19.1 Å². The Labute approximate surface area is 90.6 Å². The fourth-order valence-electron chi connectivity index (χ4n) is 1.40. The van der Waals surface area contributed by atoms with Gasteiger partial charge in [-0.2, -0.15) is 0 Å². The summed E-state index contributed by atoms with van der Waals surface area (Å²) in [7, 11) is 0. The second-order valence-electron chi connectivity index (χ2n) is 2.90. The van der Waals surface area contributed by atoms with Gasteiger partial charge in [0.1, 0.15) is 0 Å². The number of para-hydroxylation sites is 1. The van der Waals surface area contributed by atoms with Crippen LogP contribution < -0.4 is 9.47 Å². The molecule has 16 heavy (non-hydrogen) atoms. The second kappa shape index (κ2) is 4.39. The van der Waals surface area contributed by atoms with Crippen LogP contribution in [0.25, 0.3) is 10.9 Å². The van der Waals surface area contributed by atoms with Gasteiger partial charge >= 0.3 is 0 Å². The first-order valence-electron chi connectivity index (χ1n) is 4.45. The number of hydrogen-bond donors (Lipinski definition) is 0. The summed E-state index contributed by atoms with van der Waals surface area (Å²) in [6.07, 6.45) is 1.33. The van der Waals surface area contributed by atoms with Crippen molar-refractivity contribution in [3.63, 3.8) is 0 Å². The molecular weight excluding hydrogens is 210 g/mol. The van der Waals surface area contributed by atoms with E-state index in [0.717, 1.165) is 0 Å². The maximum absolute atomic E-state index is 10.4. The first-order valence-corrected chi connectivity index (χ1v) is 4.45. The molecule has 2 aromatic rings. The van der Waals surface area contributed by atoms with Crippen molar-refractivity contribution in [3.8, 4) is 11.5 Å². The highest BCUT2D eigenvalue weighted by atomic mass is 16.6. The largest absolute Gasteiger partial charge is 0.424 e. The molecule has 5 heteroatoms. The summed E-state index contributed by atoms with van der Waals surface area (Å²) < 4.78 is 9.47. The number of carbonyl (C=O) groups is 2. The first-order chi connectivity index (χ1) is 7.86. The van der Waals surface area contributed by atoms with Crippen molar-refractivity contribution in [1.29, 1.82) is 0 Å². The molecule has 0 radical (unpaired) electrons. The Balaban J connectivity index is 2.67. The minimum atomic E-state index is 0.112. The minimum Gasteiger partial charge on any atom is -0.424 e. The van der Waals surface area contributed by atoms with Crippen LogP contribution >= 0.6 is 0 Å². The molecule has 0 fully saturated rings. The van der Waals surface area contributed by atoms with Gasteiger partial charge in [-0.3, -0.25) is 14.6 Å². The van der Waals surface area contributed by atoms with Crippen LogP contribution in [-0.4, -0.2) is 17.9 Å². The van der Waals surface area contributed by atoms with E-state index in [9.17, 15) is 9.59 Å². The fourth-order valence-corrected chi connectivity index (χ4v) is 1.40. The number of rotatable bonds is 4. The molecule has 0 aliphatic heterocycles. The van der Waals surface area contributed by atoms with E-state index in [2.05, 4.69) is 9.72 Å². The molecule has 0 saturated heterocycles. The summed E-state index contributed by atoms with van der Waals surface area (Å²) in [6.45, 7) is 0.531. The van der Waals surface area contributed by atoms with Gasteiger partial charge in [0.15, 0.2) is 11.5 Å². The Morgan fingerprint density at radius 2 is 1.81 bits per heavy atom. The molecule has 1 aromatic carbocycles. The van der Waals surface area contributed by atoms with Gasteiger partial charge in [-0.25, -0.2) is 0 Å². The molecule has 0 saturated carbocycles. The zero-order valence-electron chi connectivity index (χ0n) is 8.12. The standard InChI is InChI=1S/C11H7NO4/c13-6-15-10-5-12-9-4-2-1-3-8(9)11(10)16-7-14/h1-7H. The highest BCUT2D eigenvalue weighted by Crippen LogP contribution is 2.33. The van der Waals surface area contributed by atoms with E-state index >= 15 is 0 Å². The van der Waals surface area contributed by atoms with Crippen LogP contribution in [0.5, 0.6) is 11.5 Å². The average molecular weight is 217 g/mol. The molecule has 80 valence electrons. The van der Waals surface area contributed by atoms with Crippen molar-refractivity contribution in [2.75, 3.05) is 0 Å². The SMILES string of the molecule is O=COc1cnc2ccccc2c1OC=O. The summed E-state index contributed by atoms with van der Waals surface area (Å²) >= 11 is 0. The summed E-state index contributed by atoms with van der Waals surface area (Å²) in [5.74, 6) is 0.300. The Morgan fingerprint density at radius 3 is 2.56 bits per heavy atom. The number of benzene rings is 1. The Bertz CT molecular complexity index is 538. The third kappa shape index (κ3) is 1.70. The summed E-state index contributed by atoms with van der Waals surface area (Å²) in [4.78, 5) is 24.7. The highest BCUT2D eigenvalue weighted by Gasteiger charge is 2.11. The summed E-state index contributed by atoms with van der Waals surface area (Å²) in [5.41, 5.74) is 0.651. The van der Waals surface area contributed by atoms with E-state index < -0.39 is 0 Å². The van der Waals surface area contributed by atoms with E-state index in [1.165, 1.54) is 6.20 Å². The van der Waals surface area contributed by atoms with E-state index in [0.29, 0.717) is 10.9 Å². The van der Waals surface area contributed by atoms with Crippen LogP contribution in [0.4, 0.5) is 0 Å². The van der Waals surface area contributed by atoms with E-state index in [4.69, 9.17) is 4.74 Å². The summed E-state index contributed by atoms with van der Waals surface area (Å²) in [6, 6.07) is 7.06. The molecule has 1 heterocycles. The molecular formula is C11H7NO4. The number of fused-ring (bicyclic) bond motifs is 1. The lowest BCUT2D eigenvalue weighted by molar-refractivity contribution is -0.123. The molecule has 1 aromatic heterocycles. The van der Waals surface area contributed by atoms with Crippen molar-refractivity contribution in [1.82, 2.24) is 4.98 Å². The van der Waals surface area contributed by atoms with Crippen LogP contribution in [-0.2, 0) is 9.59 Å². The predicted molar refractivity (Wildman–Crippen MR) is 55.1 cm³/mol. The second-order valence-corrected chi connectivity index (χ2v) is 2.90. The molecule has 0 atom stereocenters. The van der Waals surface area contributed by atoms with Crippen LogP contribution in [0.1, 0.15) is 0 Å². The molecule has 0 aliphatic carbocycles. The fraction of sp³-hybridized carbons (Fsp3) is 0. The topological polar surface area (TPSA) is 65.5 Å². The number of carbonyl (C=O) groups excluding carboxylic acids is 2. The van der Waals surface area contributed by atoms with Crippen LogP contribution in [0.3, 0.4) is 0 Å². The first kappa shape index (κ1) is 10.1. The van der Waals surface area contributed by atoms with Crippen LogP contribution in [0, 0.1) is 0 Å². The van der Waals surface area contributed by atoms with Gasteiger partial charge in [0.05, 0.1) is 11.7 Å². The van der Waals surface area contributed by atoms with Gasteiger partial charge in [-0.05, 0) is 12.1 Å². The van der Waals surface area contributed by atoms with Gasteiger partial charge in [0.25, 0.3) is 12.9 Å². The third-order valence-electron chi connectivity index (χ3n) is 2.03. The number of aromatic nitrogens is 1. The van der Waals surface area contributed by atoms with E-state index in [1.54, 1.807) is 24.3 Å². The van der Waals surface area contributed by atoms with Crippen molar-refractivity contribution in [2.24, 2.45) is 0 Å². The highest BCUT2D eigenvalue weighted by molar-refractivity contribution is 5.88. The van der Waals surface area contributed by atoms with Crippen molar-refractivity contribution in [3.05, 3.63) is 30.5 Å². The zero-order chi connectivity index (χ0) is 11.4. The van der Waals surface area contributed by atoms with Crippen LogP contribution in [0.15, 0.2) is 30.5 Å². The molecule has 0 unspecified atom stereocenters. The summed E-state index contributed by atoms with van der Waals surface area (Å²) in [5, 5.41) is 0.606. The van der Waals surface area contributed by atoms with E-state index in [-0.39, 0.29) is 24.4 Å². The number of ether oxygens (including phenoxy) is 2. The quantitative estimate of drug-likeness (QED) is 0.722.